The van der Waals surface area contributed by atoms with E-state index in [4.69, 9.17) is 0 Å². The molecule has 1 N–H and O–H groups in total. The van der Waals surface area contributed by atoms with Crippen LogP contribution in [0.3, 0.4) is 0 Å². The van der Waals surface area contributed by atoms with E-state index >= 15 is 0 Å². The summed E-state index contributed by atoms with van der Waals surface area (Å²) in [7, 11) is 0. The molecule has 0 unspecified atom stereocenters. The lowest BCUT2D eigenvalue weighted by Crippen LogP contribution is -1.92. The second kappa shape index (κ2) is 6.25. The minimum Gasteiger partial charge on any atom is -0.338 e. The molecule has 5 rings (SSSR count). The Morgan fingerprint density at radius 1 is 1.00 bits per heavy atom. The van der Waals surface area contributed by atoms with Crippen molar-refractivity contribution < 1.29 is 4.39 Å². The summed E-state index contributed by atoms with van der Waals surface area (Å²) >= 11 is 0. The Kier molecular flexibility index (Phi) is 3.59. The number of halogens is 1. The Hall–Kier alpha value is -4.11. The Morgan fingerprint density at radius 2 is 1.89 bits per heavy atom. The van der Waals surface area contributed by atoms with Gasteiger partial charge in [-0.1, -0.05) is 18.2 Å². The number of aromatic nitrogens is 4. The molecule has 5 aromatic rings. The van der Waals surface area contributed by atoms with Gasteiger partial charge in [-0.05, 0) is 24.3 Å². The van der Waals surface area contributed by atoms with Gasteiger partial charge < -0.3 is 4.98 Å². The number of hydrogen-bond donors (Lipinski definition) is 1. The second-order valence-electron chi connectivity index (χ2n) is 6.34. The number of benzene rings is 1. The molecule has 132 valence electrons. The van der Waals surface area contributed by atoms with E-state index in [0.717, 1.165) is 22.2 Å². The van der Waals surface area contributed by atoms with Crippen molar-refractivity contribution in [1.82, 2.24) is 19.9 Å². The van der Waals surface area contributed by atoms with Crippen LogP contribution in [0.15, 0.2) is 67.3 Å². The van der Waals surface area contributed by atoms with E-state index in [0.29, 0.717) is 27.7 Å². The second-order valence-corrected chi connectivity index (χ2v) is 6.34. The highest BCUT2D eigenvalue weighted by Crippen LogP contribution is 2.37. The maximum absolute atomic E-state index is 14.9. The number of nitrogens with zero attached hydrogens (tertiary/aromatic N) is 4. The van der Waals surface area contributed by atoms with E-state index in [-0.39, 0.29) is 0 Å². The zero-order valence-electron chi connectivity index (χ0n) is 14.5. The average molecular weight is 365 g/mol. The first-order chi connectivity index (χ1) is 13.8. The van der Waals surface area contributed by atoms with Gasteiger partial charge in [-0.3, -0.25) is 9.97 Å². The van der Waals surface area contributed by atoms with Crippen molar-refractivity contribution in [3.8, 4) is 28.5 Å². The quantitative estimate of drug-likeness (QED) is 0.485. The Bertz CT molecular complexity index is 1380. The van der Waals surface area contributed by atoms with Crippen LogP contribution in [0.1, 0.15) is 5.56 Å². The van der Waals surface area contributed by atoms with Crippen LogP contribution >= 0.6 is 0 Å². The van der Waals surface area contributed by atoms with Gasteiger partial charge in [0.2, 0.25) is 0 Å². The zero-order valence-corrected chi connectivity index (χ0v) is 14.5. The minimum atomic E-state index is -0.476. The van der Waals surface area contributed by atoms with Crippen molar-refractivity contribution in [3.05, 3.63) is 78.6 Å². The van der Waals surface area contributed by atoms with Crippen molar-refractivity contribution in [1.29, 1.82) is 5.26 Å². The van der Waals surface area contributed by atoms with Gasteiger partial charge in [-0.15, -0.1) is 0 Å². The Morgan fingerprint density at radius 3 is 2.71 bits per heavy atom. The van der Waals surface area contributed by atoms with Crippen molar-refractivity contribution in [2.45, 2.75) is 0 Å². The molecule has 0 saturated carbocycles. The normalized spacial score (nSPS) is 11.0. The highest BCUT2D eigenvalue weighted by Gasteiger charge is 2.19. The predicted molar refractivity (Wildman–Crippen MR) is 105 cm³/mol. The molecule has 4 heterocycles. The summed E-state index contributed by atoms with van der Waals surface area (Å²) in [6.07, 6.45) is 6.31. The number of fused-ring (bicyclic) bond motifs is 3. The Balaban J connectivity index is 1.88. The molecular weight excluding hydrogens is 353 g/mol. The Labute approximate surface area is 159 Å². The molecule has 0 aliphatic rings. The van der Waals surface area contributed by atoms with Gasteiger partial charge in [0.05, 0.1) is 35.2 Å². The lowest BCUT2D eigenvalue weighted by Gasteiger charge is -2.08. The van der Waals surface area contributed by atoms with Crippen LogP contribution in [-0.2, 0) is 0 Å². The van der Waals surface area contributed by atoms with E-state index < -0.39 is 5.82 Å². The van der Waals surface area contributed by atoms with Crippen molar-refractivity contribution in [2.75, 3.05) is 0 Å². The van der Waals surface area contributed by atoms with Crippen molar-refractivity contribution >= 4 is 21.9 Å². The lowest BCUT2D eigenvalue weighted by atomic mass is 9.96. The van der Waals surface area contributed by atoms with Crippen LogP contribution in [-0.4, -0.2) is 19.9 Å². The third-order valence-corrected chi connectivity index (χ3v) is 4.73. The molecule has 6 heteroatoms. The molecule has 1 aromatic carbocycles. The molecule has 0 radical (unpaired) electrons. The molecule has 0 aliphatic carbocycles. The predicted octanol–water partition coefficient (Wildman–Crippen LogP) is 4.85. The largest absolute Gasteiger partial charge is 0.338 e. The molecule has 0 saturated heterocycles. The van der Waals surface area contributed by atoms with Crippen molar-refractivity contribution in [3.63, 3.8) is 0 Å². The molecule has 4 aromatic heterocycles. The van der Waals surface area contributed by atoms with Crippen LogP contribution in [0.2, 0.25) is 0 Å². The number of pyridine rings is 3. The van der Waals surface area contributed by atoms with E-state index in [1.54, 1.807) is 42.9 Å². The molecule has 0 spiro atoms. The standard InChI is InChI=1S/C22H12FN5/c23-17-11-27-22-21(20(17)15-6-2-1-4-13(15)9-24)16-8-18(26-12-19(16)28-22)14-5-3-7-25-10-14/h1-8,10-12H,(H,27,28). The molecular formula is C22H12FN5. The van der Waals surface area contributed by atoms with E-state index in [1.165, 1.54) is 6.20 Å². The summed E-state index contributed by atoms with van der Waals surface area (Å²) in [6.45, 7) is 0. The van der Waals surface area contributed by atoms with E-state index in [9.17, 15) is 9.65 Å². The van der Waals surface area contributed by atoms with Gasteiger partial charge in [0.15, 0.2) is 0 Å². The van der Waals surface area contributed by atoms with Crippen molar-refractivity contribution in [2.24, 2.45) is 0 Å². The van der Waals surface area contributed by atoms with E-state index in [1.807, 2.05) is 18.2 Å². The van der Waals surface area contributed by atoms with Gasteiger partial charge >= 0.3 is 0 Å². The fourth-order valence-electron chi connectivity index (χ4n) is 3.47. The number of rotatable bonds is 2. The lowest BCUT2D eigenvalue weighted by molar-refractivity contribution is 0.627. The fourth-order valence-corrected chi connectivity index (χ4v) is 3.47. The van der Waals surface area contributed by atoms with Gasteiger partial charge in [0, 0.05) is 39.9 Å². The van der Waals surface area contributed by atoms with Gasteiger partial charge in [0.1, 0.15) is 11.5 Å². The summed E-state index contributed by atoms with van der Waals surface area (Å²) in [5, 5.41) is 10.9. The summed E-state index contributed by atoms with van der Waals surface area (Å²) in [6, 6.07) is 14.8. The minimum absolute atomic E-state index is 0.358. The number of nitriles is 1. The highest BCUT2D eigenvalue weighted by molar-refractivity contribution is 6.13. The number of aromatic amines is 1. The first kappa shape index (κ1) is 16.1. The molecule has 0 bridgehead atoms. The van der Waals surface area contributed by atoms with Gasteiger partial charge in [0.25, 0.3) is 0 Å². The summed E-state index contributed by atoms with van der Waals surface area (Å²) in [5.74, 6) is -0.476. The molecule has 0 atom stereocenters. The van der Waals surface area contributed by atoms with Crippen LogP contribution in [0.5, 0.6) is 0 Å². The van der Waals surface area contributed by atoms with Gasteiger partial charge in [-0.25, -0.2) is 9.37 Å². The third kappa shape index (κ3) is 2.42. The van der Waals surface area contributed by atoms with Crippen LogP contribution in [0, 0.1) is 17.1 Å². The fraction of sp³-hybridized carbons (Fsp3) is 0. The van der Waals surface area contributed by atoms with Gasteiger partial charge in [-0.2, -0.15) is 5.26 Å². The summed E-state index contributed by atoms with van der Waals surface area (Å²) < 4.78 is 14.9. The monoisotopic (exact) mass is 365 g/mol. The molecule has 0 fully saturated rings. The molecule has 28 heavy (non-hydrogen) atoms. The van der Waals surface area contributed by atoms with Crippen LogP contribution < -0.4 is 0 Å². The summed E-state index contributed by atoms with van der Waals surface area (Å²) in [5.41, 5.74) is 4.19. The number of hydrogen-bond acceptors (Lipinski definition) is 4. The third-order valence-electron chi connectivity index (χ3n) is 4.73. The molecule has 0 amide bonds. The van der Waals surface area contributed by atoms with E-state index in [2.05, 4.69) is 26.0 Å². The maximum Gasteiger partial charge on any atom is 0.150 e. The maximum atomic E-state index is 14.9. The number of H-pyrrole nitrogens is 1. The highest BCUT2D eigenvalue weighted by atomic mass is 19.1. The first-order valence-corrected chi connectivity index (χ1v) is 8.62. The molecule has 5 nitrogen and oxygen atoms in total. The topological polar surface area (TPSA) is 78.2 Å². The number of nitrogens with one attached hydrogen (secondary N) is 1. The first-order valence-electron chi connectivity index (χ1n) is 8.62. The van der Waals surface area contributed by atoms with Crippen LogP contribution in [0.4, 0.5) is 4.39 Å². The molecule has 0 aliphatic heterocycles. The summed E-state index contributed by atoms with van der Waals surface area (Å²) in [4.78, 5) is 16.0. The SMILES string of the molecule is N#Cc1ccccc1-c1c(F)cnc2[nH]c3cnc(-c4cccnc4)cc3c12. The smallest absolute Gasteiger partial charge is 0.150 e. The average Bonchev–Trinajstić information content (AvgIpc) is 3.12. The zero-order chi connectivity index (χ0) is 19.1. The van der Waals surface area contributed by atoms with Crippen LogP contribution in [0.25, 0.3) is 44.3 Å².